The summed E-state index contributed by atoms with van der Waals surface area (Å²) >= 11 is 0. The summed E-state index contributed by atoms with van der Waals surface area (Å²) in [6.07, 6.45) is 5.54. The molecular weight excluding hydrogens is 385 g/mol. The number of pyridine rings is 1. The van der Waals surface area contributed by atoms with Crippen molar-refractivity contribution in [3.63, 3.8) is 0 Å². The van der Waals surface area contributed by atoms with E-state index in [2.05, 4.69) is 26.1 Å². The molecule has 3 heterocycles. The van der Waals surface area contributed by atoms with E-state index in [1.165, 1.54) is 18.3 Å². The van der Waals surface area contributed by atoms with E-state index < -0.39 is 11.8 Å². The standard InChI is InChI=1S/C22H14FN5O2/c23-18-10-15(4-5-17(18)21(29)30)20-12-26-22-25-11-16(28(22)27-20)9-13-3-6-19-14(8-13)2-1-7-24-19/h1-8,10-12H,9H2,(H,29,30). The van der Waals surface area contributed by atoms with Gasteiger partial charge in [0, 0.05) is 23.6 Å². The molecule has 146 valence electrons. The van der Waals surface area contributed by atoms with E-state index >= 15 is 0 Å². The highest BCUT2D eigenvalue weighted by Crippen LogP contribution is 2.21. The number of fused-ring (bicyclic) bond motifs is 2. The zero-order chi connectivity index (χ0) is 20.7. The maximum atomic E-state index is 14.1. The molecule has 0 fully saturated rings. The van der Waals surface area contributed by atoms with E-state index in [4.69, 9.17) is 5.11 Å². The lowest BCUT2D eigenvalue weighted by molar-refractivity contribution is 0.0692. The number of aromatic carboxylic acids is 1. The van der Waals surface area contributed by atoms with Crippen molar-refractivity contribution in [3.8, 4) is 11.3 Å². The number of carboxylic acid groups (broad SMARTS) is 1. The Hall–Kier alpha value is -4.20. The monoisotopic (exact) mass is 399 g/mol. The quantitative estimate of drug-likeness (QED) is 0.495. The molecule has 1 N–H and O–H groups in total. The Morgan fingerprint density at radius 1 is 1.03 bits per heavy atom. The number of imidazole rings is 1. The van der Waals surface area contributed by atoms with Gasteiger partial charge in [0.25, 0.3) is 5.78 Å². The normalized spacial score (nSPS) is 11.2. The van der Waals surface area contributed by atoms with Crippen molar-refractivity contribution in [3.05, 3.63) is 89.8 Å². The van der Waals surface area contributed by atoms with Crippen molar-refractivity contribution >= 4 is 22.6 Å². The summed E-state index contributed by atoms with van der Waals surface area (Å²) < 4.78 is 15.7. The molecule has 0 spiro atoms. The lowest BCUT2D eigenvalue weighted by Gasteiger charge is -2.06. The van der Waals surface area contributed by atoms with Gasteiger partial charge in [-0.3, -0.25) is 4.98 Å². The molecule has 0 aliphatic heterocycles. The third kappa shape index (κ3) is 3.14. The maximum absolute atomic E-state index is 14.1. The van der Waals surface area contributed by atoms with Crippen LogP contribution in [0.25, 0.3) is 27.9 Å². The zero-order valence-corrected chi connectivity index (χ0v) is 15.5. The average Bonchev–Trinajstić information content (AvgIpc) is 3.15. The first kappa shape index (κ1) is 17.9. The van der Waals surface area contributed by atoms with Crippen molar-refractivity contribution < 1.29 is 14.3 Å². The van der Waals surface area contributed by atoms with Crippen LogP contribution in [0.1, 0.15) is 21.6 Å². The topological polar surface area (TPSA) is 93.3 Å². The summed E-state index contributed by atoms with van der Waals surface area (Å²) in [6.45, 7) is 0. The van der Waals surface area contributed by atoms with Crippen LogP contribution in [-0.4, -0.2) is 35.6 Å². The van der Waals surface area contributed by atoms with Gasteiger partial charge in [0.15, 0.2) is 0 Å². The smallest absolute Gasteiger partial charge is 0.338 e. The van der Waals surface area contributed by atoms with Crippen LogP contribution < -0.4 is 0 Å². The fourth-order valence-electron chi connectivity index (χ4n) is 3.36. The number of aromatic nitrogens is 5. The summed E-state index contributed by atoms with van der Waals surface area (Å²) in [5, 5.41) is 14.6. The van der Waals surface area contributed by atoms with E-state index in [0.717, 1.165) is 28.2 Å². The highest BCUT2D eigenvalue weighted by molar-refractivity contribution is 5.88. The predicted octanol–water partition coefficient (Wildman–Crippen LogP) is 3.77. The Labute approximate surface area is 169 Å². The Balaban J connectivity index is 1.52. The largest absolute Gasteiger partial charge is 0.478 e. The van der Waals surface area contributed by atoms with E-state index in [1.807, 2.05) is 24.3 Å². The fraction of sp³-hybridized carbons (Fsp3) is 0.0455. The number of hydrogen-bond donors (Lipinski definition) is 1. The number of hydrogen-bond acceptors (Lipinski definition) is 5. The van der Waals surface area contributed by atoms with Crippen LogP contribution in [0.4, 0.5) is 4.39 Å². The first-order chi connectivity index (χ1) is 14.6. The van der Waals surface area contributed by atoms with Crippen molar-refractivity contribution in [1.29, 1.82) is 0 Å². The Morgan fingerprint density at radius 3 is 2.73 bits per heavy atom. The molecule has 0 amide bonds. The van der Waals surface area contributed by atoms with Crippen LogP contribution in [-0.2, 0) is 6.42 Å². The SMILES string of the molecule is O=C(O)c1ccc(-c2cnc3ncc(Cc4ccc5ncccc5c4)n3n2)cc1F. The molecule has 2 aromatic carbocycles. The van der Waals surface area contributed by atoms with Gasteiger partial charge in [0.1, 0.15) is 11.5 Å². The average molecular weight is 399 g/mol. The van der Waals surface area contributed by atoms with Gasteiger partial charge in [-0.25, -0.2) is 23.7 Å². The first-order valence-electron chi connectivity index (χ1n) is 9.15. The minimum atomic E-state index is -1.32. The highest BCUT2D eigenvalue weighted by Gasteiger charge is 2.14. The van der Waals surface area contributed by atoms with E-state index in [0.29, 0.717) is 23.5 Å². The van der Waals surface area contributed by atoms with Crippen LogP contribution in [0, 0.1) is 5.82 Å². The summed E-state index contributed by atoms with van der Waals surface area (Å²) in [6, 6.07) is 13.8. The van der Waals surface area contributed by atoms with Gasteiger partial charge in [-0.15, -0.1) is 0 Å². The second-order valence-corrected chi connectivity index (χ2v) is 6.81. The Morgan fingerprint density at radius 2 is 1.90 bits per heavy atom. The molecule has 7 nitrogen and oxygen atoms in total. The van der Waals surface area contributed by atoms with Crippen molar-refractivity contribution in [1.82, 2.24) is 24.6 Å². The van der Waals surface area contributed by atoms with Gasteiger partial charge >= 0.3 is 5.97 Å². The van der Waals surface area contributed by atoms with Crippen molar-refractivity contribution in [2.45, 2.75) is 6.42 Å². The Kier molecular flexibility index (Phi) is 4.17. The highest BCUT2D eigenvalue weighted by atomic mass is 19.1. The van der Waals surface area contributed by atoms with Gasteiger partial charge < -0.3 is 5.11 Å². The number of carboxylic acids is 1. The maximum Gasteiger partial charge on any atom is 0.338 e. The van der Waals surface area contributed by atoms with E-state index in [1.54, 1.807) is 16.9 Å². The zero-order valence-electron chi connectivity index (χ0n) is 15.5. The van der Waals surface area contributed by atoms with Gasteiger partial charge in [0.2, 0.25) is 0 Å². The summed E-state index contributed by atoms with van der Waals surface area (Å²) in [4.78, 5) is 23.9. The minimum absolute atomic E-state index is 0.387. The fourth-order valence-corrected chi connectivity index (χ4v) is 3.36. The van der Waals surface area contributed by atoms with Gasteiger partial charge in [-0.05, 0) is 35.9 Å². The molecule has 0 aliphatic carbocycles. The van der Waals surface area contributed by atoms with Gasteiger partial charge in [-0.1, -0.05) is 18.2 Å². The van der Waals surface area contributed by atoms with E-state index in [9.17, 15) is 9.18 Å². The Bertz CT molecular complexity index is 1430. The molecule has 0 saturated carbocycles. The second kappa shape index (κ2) is 7.00. The number of rotatable bonds is 4. The number of halogens is 1. The molecule has 0 radical (unpaired) electrons. The lowest BCUT2D eigenvalue weighted by Crippen LogP contribution is -2.03. The molecule has 0 saturated heterocycles. The van der Waals surface area contributed by atoms with Crippen molar-refractivity contribution in [2.75, 3.05) is 0 Å². The third-order valence-electron chi connectivity index (χ3n) is 4.85. The van der Waals surface area contributed by atoms with Gasteiger partial charge in [-0.2, -0.15) is 5.10 Å². The molecule has 30 heavy (non-hydrogen) atoms. The summed E-state index contributed by atoms with van der Waals surface area (Å²) in [5.41, 5.74) is 3.28. The van der Waals surface area contributed by atoms with Gasteiger partial charge in [0.05, 0.1) is 29.2 Å². The first-order valence-corrected chi connectivity index (χ1v) is 9.15. The molecule has 5 rings (SSSR count). The van der Waals surface area contributed by atoms with Crippen LogP contribution in [0.15, 0.2) is 67.1 Å². The van der Waals surface area contributed by atoms with Crippen LogP contribution in [0.5, 0.6) is 0 Å². The molecule has 0 atom stereocenters. The number of nitrogens with zero attached hydrogens (tertiary/aromatic N) is 5. The van der Waals surface area contributed by atoms with Crippen LogP contribution in [0.2, 0.25) is 0 Å². The molecule has 3 aromatic heterocycles. The predicted molar refractivity (Wildman–Crippen MR) is 108 cm³/mol. The number of benzene rings is 2. The third-order valence-corrected chi connectivity index (χ3v) is 4.85. The van der Waals surface area contributed by atoms with Crippen LogP contribution in [0.3, 0.4) is 0 Å². The molecular formula is C22H14FN5O2. The molecule has 5 aromatic rings. The van der Waals surface area contributed by atoms with Crippen LogP contribution >= 0.6 is 0 Å². The summed E-state index contributed by atoms with van der Waals surface area (Å²) in [5.74, 6) is -1.71. The lowest BCUT2D eigenvalue weighted by atomic mass is 10.1. The second-order valence-electron chi connectivity index (χ2n) is 6.81. The number of carbonyl (C=O) groups is 1. The molecule has 0 bridgehead atoms. The molecule has 0 unspecified atom stereocenters. The van der Waals surface area contributed by atoms with Crippen molar-refractivity contribution in [2.24, 2.45) is 0 Å². The van der Waals surface area contributed by atoms with E-state index in [-0.39, 0.29) is 5.56 Å². The summed E-state index contributed by atoms with van der Waals surface area (Å²) in [7, 11) is 0. The molecule has 8 heteroatoms. The molecule has 0 aliphatic rings. The minimum Gasteiger partial charge on any atom is -0.478 e.